The van der Waals surface area contributed by atoms with E-state index in [0.29, 0.717) is 11.9 Å². The number of phenols is 1. The molecule has 1 atom stereocenters. The third kappa shape index (κ3) is 2.97. The predicted octanol–water partition coefficient (Wildman–Crippen LogP) is 2.59. The van der Waals surface area contributed by atoms with E-state index in [2.05, 4.69) is 16.9 Å². The van der Waals surface area contributed by atoms with Gasteiger partial charge in [0.2, 0.25) is 0 Å². The molecule has 0 saturated carbocycles. The quantitative estimate of drug-likeness (QED) is 0.907. The summed E-state index contributed by atoms with van der Waals surface area (Å²) in [5.74, 6) is 0.725. The number of phenolic OH excluding ortho intramolecular Hbond substituents is 1. The van der Waals surface area contributed by atoms with Crippen LogP contribution in [0.15, 0.2) is 18.2 Å². The van der Waals surface area contributed by atoms with Gasteiger partial charge in [-0.05, 0) is 50.9 Å². The number of nitrogens with zero attached hydrogens (tertiary/aromatic N) is 3. The van der Waals surface area contributed by atoms with Gasteiger partial charge in [-0.1, -0.05) is 6.42 Å². The second-order valence-electron chi connectivity index (χ2n) is 6.04. The van der Waals surface area contributed by atoms with Gasteiger partial charge in [-0.3, -0.25) is 4.68 Å². The predicted molar refractivity (Wildman–Crippen MR) is 85.3 cm³/mol. The Kier molecular flexibility index (Phi) is 4.01. The fourth-order valence-electron chi connectivity index (χ4n) is 3.28. The van der Waals surface area contributed by atoms with Gasteiger partial charge in [-0.25, -0.2) is 0 Å². The molecule has 114 valence electrons. The topological polar surface area (TPSA) is 67.3 Å². The summed E-state index contributed by atoms with van der Waals surface area (Å²) >= 11 is 0. The molecule has 2 aromatic rings. The van der Waals surface area contributed by atoms with Crippen LogP contribution in [0.3, 0.4) is 0 Å². The maximum Gasteiger partial charge on any atom is 0.153 e. The molecule has 1 unspecified atom stereocenters. The largest absolute Gasteiger partial charge is 0.508 e. The summed E-state index contributed by atoms with van der Waals surface area (Å²) in [6.07, 6.45) is 5.07. The van der Waals surface area contributed by atoms with Crippen LogP contribution in [0.4, 0.5) is 5.82 Å². The number of rotatable bonds is 4. The van der Waals surface area contributed by atoms with Gasteiger partial charge in [0.15, 0.2) is 5.82 Å². The molecule has 3 N–H and O–H groups in total. The third-order valence-corrected chi connectivity index (χ3v) is 4.52. The molecule has 0 spiro atoms. The zero-order chi connectivity index (χ0) is 14.8. The van der Waals surface area contributed by atoms with Gasteiger partial charge in [0.1, 0.15) is 5.75 Å². The van der Waals surface area contributed by atoms with Crippen LogP contribution >= 0.6 is 0 Å². The summed E-state index contributed by atoms with van der Waals surface area (Å²) < 4.78 is 1.96. The first kappa shape index (κ1) is 14.2. The van der Waals surface area contributed by atoms with Gasteiger partial charge >= 0.3 is 0 Å². The van der Waals surface area contributed by atoms with Crippen LogP contribution in [0.1, 0.15) is 32.6 Å². The van der Waals surface area contributed by atoms with Crippen molar-refractivity contribution in [2.24, 2.45) is 0 Å². The summed E-state index contributed by atoms with van der Waals surface area (Å²) in [5, 5.41) is 14.8. The van der Waals surface area contributed by atoms with Crippen molar-refractivity contribution < 1.29 is 5.11 Å². The Labute approximate surface area is 125 Å². The van der Waals surface area contributed by atoms with Crippen molar-refractivity contribution >= 4 is 16.7 Å². The normalized spacial score (nSPS) is 20.1. The van der Waals surface area contributed by atoms with E-state index in [4.69, 9.17) is 5.73 Å². The first-order valence-electron chi connectivity index (χ1n) is 7.84. The number of nitrogens with two attached hydrogens (primary N) is 1. The van der Waals surface area contributed by atoms with E-state index in [1.165, 1.54) is 25.8 Å². The van der Waals surface area contributed by atoms with Crippen LogP contribution < -0.4 is 5.73 Å². The molecule has 5 heteroatoms. The lowest BCUT2D eigenvalue weighted by Gasteiger charge is -2.33. The molecule has 21 heavy (non-hydrogen) atoms. The molecular weight excluding hydrogens is 264 g/mol. The van der Waals surface area contributed by atoms with E-state index < -0.39 is 0 Å². The zero-order valence-corrected chi connectivity index (χ0v) is 12.6. The second kappa shape index (κ2) is 5.93. The fourth-order valence-corrected chi connectivity index (χ4v) is 3.28. The smallest absolute Gasteiger partial charge is 0.153 e. The van der Waals surface area contributed by atoms with E-state index in [-0.39, 0.29) is 5.75 Å². The van der Waals surface area contributed by atoms with Gasteiger partial charge in [0.05, 0.1) is 5.52 Å². The lowest BCUT2D eigenvalue weighted by molar-refractivity contribution is 0.156. The molecule has 0 radical (unpaired) electrons. The van der Waals surface area contributed by atoms with Crippen LogP contribution in [0, 0.1) is 0 Å². The maximum atomic E-state index is 9.54. The SMILES string of the molecule is CC1CCCCN1CCCn1nc(N)c2cc(O)ccc21. The molecule has 1 aliphatic rings. The van der Waals surface area contributed by atoms with E-state index >= 15 is 0 Å². The molecule has 0 amide bonds. The van der Waals surface area contributed by atoms with Crippen LogP contribution in [0.2, 0.25) is 0 Å². The minimum atomic E-state index is 0.232. The highest BCUT2D eigenvalue weighted by Gasteiger charge is 2.17. The minimum Gasteiger partial charge on any atom is -0.508 e. The number of aryl methyl sites for hydroxylation is 1. The van der Waals surface area contributed by atoms with Crippen LogP contribution in [-0.4, -0.2) is 38.9 Å². The van der Waals surface area contributed by atoms with E-state index in [1.807, 2.05) is 10.7 Å². The molecule has 1 fully saturated rings. The van der Waals surface area contributed by atoms with Gasteiger partial charge in [0, 0.05) is 24.5 Å². The second-order valence-corrected chi connectivity index (χ2v) is 6.04. The molecular formula is C16H24N4O. The Morgan fingerprint density at radius 2 is 2.19 bits per heavy atom. The average molecular weight is 288 g/mol. The van der Waals surface area contributed by atoms with Crippen molar-refractivity contribution in [3.05, 3.63) is 18.2 Å². The molecule has 1 aromatic heterocycles. The lowest BCUT2D eigenvalue weighted by Crippen LogP contribution is -2.38. The molecule has 5 nitrogen and oxygen atoms in total. The van der Waals surface area contributed by atoms with Crippen molar-refractivity contribution in [3.8, 4) is 5.75 Å². The molecule has 2 heterocycles. The number of nitrogen functional groups attached to an aromatic ring is 1. The van der Waals surface area contributed by atoms with Crippen molar-refractivity contribution in [2.45, 2.75) is 45.2 Å². The van der Waals surface area contributed by atoms with Gasteiger partial charge in [-0.15, -0.1) is 0 Å². The standard InChI is InChI=1S/C16H24N4O/c1-12-5-2-3-8-19(12)9-4-10-20-15-7-6-13(21)11-14(15)16(17)18-20/h6-7,11-12,21H,2-5,8-10H2,1H3,(H2,17,18). The summed E-state index contributed by atoms with van der Waals surface area (Å²) in [6, 6.07) is 5.96. The summed E-state index contributed by atoms with van der Waals surface area (Å²) in [7, 11) is 0. The number of aromatic nitrogens is 2. The Morgan fingerprint density at radius 3 is 3.00 bits per heavy atom. The Bertz CT molecular complexity index is 622. The van der Waals surface area contributed by atoms with Crippen LogP contribution in [0.25, 0.3) is 10.9 Å². The zero-order valence-electron chi connectivity index (χ0n) is 12.6. The van der Waals surface area contributed by atoms with Gasteiger partial charge in [-0.2, -0.15) is 5.10 Å². The molecule has 1 aromatic carbocycles. The van der Waals surface area contributed by atoms with Crippen molar-refractivity contribution in [2.75, 3.05) is 18.8 Å². The third-order valence-electron chi connectivity index (χ3n) is 4.52. The highest BCUT2D eigenvalue weighted by Crippen LogP contribution is 2.25. The molecule has 0 bridgehead atoms. The number of benzene rings is 1. The maximum absolute atomic E-state index is 9.54. The van der Waals surface area contributed by atoms with Crippen molar-refractivity contribution in [1.29, 1.82) is 0 Å². The highest BCUT2D eigenvalue weighted by atomic mass is 16.3. The Morgan fingerprint density at radius 1 is 1.33 bits per heavy atom. The van der Waals surface area contributed by atoms with Crippen molar-refractivity contribution in [1.82, 2.24) is 14.7 Å². The monoisotopic (exact) mass is 288 g/mol. The lowest BCUT2D eigenvalue weighted by atomic mass is 10.0. The average Bonchev–Trinajstić information content (AvgIpc) is 2.77. The van der Waals surface area contributed by atoms with Crippen LogP contribution in [-0.2, 0) is 6.54 Å². The van der Waals surface area contributed by atoms with E-state index in [9.17, 15) is 5.11 Å². The number of fused-ring (bicyclic) bond motifs is 1. The summed E-state index contributed by atoms with van der Waals surface area (Å²) in [5.41, 5.74) is 6.93. The number of piperidine rings is 1. The first-order valence-corrected chi connectivity index (χ1v) is 7.84. The fraction of sp³-hybridized carbons (Fsp3) is 0.562. The minimum absolute atomic E-state index is 0.232. The number of hydrogen-bond acceptors (Lipinski definition) is 4. The number of anilines is 1. The molecule has 3 rings (SSSR count). The molecule has 1 aliphatic heterocycles. The number of hydrogen-bond donors (Lipinski definition) is 2. The molecule has 1 saturated heterocycles. The number of aromatic hydroxyl groups is 1. The van der Waals surface area contributed by atoms with Gasteiger partial charge in [0.25, 0.3) is 0 Å². The van der Waals surface area contributed by atoms with E-state index in [0.717, 1.165) is 30.4 Å². The van der Waals surface area contributed by atoms with E-state index in [1.54, 1.807) is 12.1 Å². The summed E-state index contributed by atoms with van der Waals surface area (Å²) in [4.78, 5) is 2.57. The first-order chi connectivity index (χ1) is 10.1. The van der Waals surface area contributed by atoms with Crippen molar-refractivity contribution in [3.63, 3.8) is 0 Å². The Hall–Kier alpha value is -1.75. The molecule has 0 aliphatic carbocycles. The highest BCUT2D eigenvalue weighted by molar-refractivity contribution is 5.90. The Balaban J connectivity index is 1.65. The number of likely N-dealkylation sites (tertiary alicyclic amines) is 1. The van der Waals surface area contributed by atoms with Crippen LogP contribution in [0.5, 0.6) is 5.75 Å². The van der Waals surface area contributed by atoms with Gasteiger partial charge < -0.3 is 15.7 Å². The summed E-state index contributed by atoms with van der Waals surface area (Å²) in [6.45, 7) is 5.52.